The molecule has 0 aliphatic rings. The van der Waals surface area contributed by atoms with E-state index in [1.54, 1.807) is 23.1 Å². The van der Waals surface area contributed by atoms with E-state index in [4.69, 9.17) is 5.11 Å². The predicted molar refractivity (Wildman–Crippen MR) is 68.4 cm³/mol. The van der Waals surface area contributed by atoms with E-state index in [-0.39, 0.29) is 18.2 Å². The maximum absolute atomic E-state index is 10.7. The molecule has 2 aromatic rings. The summed E-state index contributed by atoms with van der Waals surface area (Å²) in [5, 5.41) is 23.9. The van der Waals surface area contributed by atoms with Crippen molar-refractivity contribution in [3.63, 3.8) is 0 Å². The molecule has 19 heavy (non-hydrogen) atoms. The largest absolute Gasteiger partial charge is 0.396 e. The lowest BCUT2D eigenvalue weighted by Gasteiger charge is -2.05. The maximum Gasteiger partial charge on any atom is 0.270 e. The molecule has 0 fully saturated rings. The van der Waals surface area contributed by atoms with Gasteiger partial charge in [0.1, 0.15) is 6.33 Å². The predicted octanol–water partition coefficient (Wildman–Crippen LogP) is 1.48. The van der Waals surface area contributed by atoms with Crippen LogP contribution in [0.2, 0.25) is 0 Å². The lowest BCUT2D eigenvalue weighted by Crippen LogP contribution is -2.11. The highest BCUT2D eigenvalue weighted by atomic mass is 16.6. The average Bonchev–Trinajstić information content (AvgIpc) is 2.87. The van der Waals surface area contributed by atoms with Crippen LogP contribution in [-0.2, 0) is 6.54 Å². The number of hydrogen-bond acceptors (Lipinski definition) is 5. The van der Waals surface area contributed by atoms with Gasteiger partial charge in [-0.1, -0.05) is 19.1 Å². The van der Waals surface area contributed by atoms with E-state index in [9.17, 15) is 10.1 Å². The lowest BCUT2D eigenvalue weighted by molar-refractivity contribution is -0.384. The second-order valence-electron chi connectivity index (χ2n) is 4.39. The molecule has 1 aromatic heterocycles. The zero-order valence-corrected chi connectivity index (χ0v) is 10.4. The fraction of sp³-hybridized carbons (Fsp3) is 0.333. The third-order valence-electron chi connectivity index (χ3n) is 2.66. The molecule has 7 nitrogen and oxygen atoms in total. The van der Waals surface area contributed by atoms with Gasteiger partial charge < -0.3 is 5.11 Å². The van der Waals surface area contributed by atoms with Gasteiger partial charge in [-0.15, -0.1) is 0 Å². The summed E-state index contributed by atoms with van der Waals surface area (Å²) in [6.45, 7) is 2.53. The van der Waals surface area contributed by atoms with Gasteiger partial charge in [0.05, 0.1) is 4.92 Å². The Bertz CT molecular complexity index is 582. The smallest absolute Gasteiger partial charge is 0.270 e. The first-order valence-corrected chi connectivity index (χ1v) is 5.85. The summed E-state index contributed by atoms with van der Waals surface area (Å²) in [5.74, 6) is 0.522. The first-order valence-electron chi connectivity index (χ1n) is 5.85. The second kappa shape index (κ2) is 5.57. The highest BCUT2D eigenvalue weighted by Crippen LogP contribution is 2.20. The van der Waals surface area contributed by atoms with Gasteiger partial charge in [0.15, 0.2) is 5.82 Å². The Morgan fingerprint density at radius 1 is 1.53 bits per heavy atom. The van der Waals surface area contributed by atoms with Gasteiger partial charge in [-0.3, -0.25) is 14.8 Å². The first-order chi connectivity index (χ1) is 9.10. The normalized spacial score (nSPS) is 12.3. The molecule has 0 saturated heterocycles. The van der Waals surface area contributed by atoms with Gasteiger partial charge in [-0.2, -0.15) is 5.10 Å². The number of nitro groups is 1. The van der Waals surface area contributed by atoms with Crippen molar-refractivity contribution in [2.75, 3.05) is 6.61 Å². The van der Waals surface area contributed by atoms with Crippen LogP contribution in [-0.4, -0.2) is 31.4 Å². The Morgan fingerprint density at radius 3 is 3.00 bits per heavy atom. The maximum atomic E-state index is 10.7. The van der Waals surface area contributed by atoms with Crippen molar-refractivity contribution in [1.29, 1.82) is 0 Å². The second-order valence-corrected chi connectivity index (χ2v) is 4.39. The number of nitrogens with zero attached hydrogens (tertiary/aromatic N) is 4. The minimum absolute atomic E-state index is 0.0116. The summed E-state index contributed by atoms with van der Waals surface area (Å²) in [6, 6.07) is 6.19. The van der Waals surface area contributed by atoms with Gasteiger partial charge >= 0.3 is 0 Å². The molecule has 0 saturated carbocycles. The molecule has 1 aromatic carbocycles. The molecule has 1 heterocycles. The molecule has 7 heteroatoms. The third kappa shape index (κ3) is 3.14. The van der Waals surface area contributed by atoms with Crippen LogP contribution >= 0.6 is 0 Å². The zero-order chi connectivity index (χ0) is 13.8. The van der Waals surface area contributed by atoms with E-state index in [0.29, 0.717) is 17.9 Å². The summed E-state index contributed by atoms with van der Waals surface area (Å²) >= 11 is 0. The Hall–Kier alpha value is -2.28. The van der Waals surface area contributed by atoms with Crippen LogP contribution in [0.4, 0.5) is 5.69 Å². The monoisotopic (exact) mass is 262 g/mol. The van der Waals surface area contributed by atoms with E-state index < -0.39 is 4.92 Å². The molecular weight excluding hydrogens is 248 g/mol. The van der Waals surface area contributed by atoms with Crippen molar-refractivity contribution in [1.82, 2.24) is 14.8 Å². The number of benzene rings is 1. The first kappa shape index (κ1) is 13.2. The molecule has 0 spiro atoms. The standard InChI is InChI=1S/C12H14N4O3/c1-9(7-17)6-15-8-13-12(14-15)10-3-2-4-11(5-10)16(18)19/h2-5,8-9,17H,6-7H2,1H3. The van der Waals surface area contributed by atoms with Crippen LogP contribution in [0, 0.1) is 16.0 Å². The molecule has 0 aliphatic carbocycles. The van der Waals surface area contributed by atoms with Crippen molar-refractivity contribution in [2.45, 2.75) is 13.5 Å². The molecule has 2 rings (SSSR count). The number of hydrogen-bond donors (Lipinski definition) is 1. The number of aliphatic hydroxyl groups is 1. The minimum atomic E-state index is -0.450. The molecule has 0 bridgehead atoms. The summed E-state index contributed by atoms with van der Waals surface area (Å²) in [4.78, 5) is 14.4. The fourth-order valence-corrected chi connectivity index (χ4v) is 1.65. The van der Waals surface area contributed by atoms with Crippen molar-refractivity contribution < 1.29 is 10.0 Å². The van der Waals surface area contributed by atoms with Gasteiger partial charge in [-0.25, -0.2) is 4.98 Å². The summed E-state index contributed by atoms with van der Waals surface area (Å²) in [7, 11) is 0. The SMILES string of the molecule is CC(CO)Cn1cnc(-c2cccc([N+](=O)[O-])c2)n1. The Labute approximate surface area is 109 Å². The summed E-state index contributed by atoms with van der Waals surface area (Å²) < 4.78 is 1.62. The van der Waals surface area contributed by atoms with Crippen molar-refractivity contribution in [2.24, 2.45) is 5.92 Å². The van der Waals surface area contributed by atoms with Gasteiger partial charge in [0.25, 0.3) is 5.69 Å². The van der Waals surface area contributed by atoms with Gasteiger partial charge in [-0.05, 0) is 5.92 Å². The van der Waals surface area contributed by atoms with Gasteiger partial charge in [0, 0.05) is 30.8 Å². The highest BCUT2D eigenvalue weighted by Gasteiger charge is 2.11. The van der Waals surface area contributed by atoms with Gasteiger partial charge in [0.2, 0.25) is 0 Å². The van der Waals surface area contributed by atoms with E-state index in [1.165, 1.54) is 12.1 Å². The number of non-ortho nitro benzene ring substituents is 1. The molecule has 100 valence electrons. The topological polar surface area (TPSA) is 94.1 Å². The Balaban J connectivity index is 2.22. The lowest BCUT2D eigenvalue weighted by atomic mass is 10.2. The number of rotatable bonds is 5. The van der Waals surface area contributed by atoms with Crippen molar-refractivity contribution in [3.8, 4) is 11.4 Å². The quantitative estimate of drug-likeness (QED) is 0.650. The van der Waals surface area contributed by atoms with Crippen LogP contribution in [0.5, 0.6) is 0 Å². The zero-order valence-electron chi connectivity index (χ0n) is 10.4. The van der Waals surface area contributed by atoms with E-state index in [1.807, 2.05) is 6.92 Å². The Kier molecular flexibility index (Phi) is 3.86. The number of aromatic nitrogens is 3. The van der Waals surface area contributed by atoms with Crippen molar-refractivity contribution in [3.05, 3.63) is 40.7 Å². The molecule has 0 amide bonds. The fourth-order valence-electron chi connectivity index (χ4n) is 1.65. The van der Waals surface area contributed by atoms with E-state index >= 15 is 0 Å². The third-order valence-corrected chi connectivity index (χ3v) is 2.66. The molecule has 1 N–H and O–H groups in total. The van der Waals surface area contributed by atoms with Crippen molar-refractivity contribution >= 4 is 5.69 Å². The Morgan fingerprint density at radius 2 is 2.32 bits per heavy atom. The average molecular weight is 262 g/mol. The van der Waals surface area contributed by atoms with Crippen LogP contribution in [0.25, 0.3) is 11.4 Å². The van der Waals surface area contributed by atoms with E-state index in [2.05, 4.69) is 10.1 Å². The molecule has 0 radical (unpaired) electrons. The van der Waals surface area contributed by atoms with E-state index in [0.717, 1.165) is 0 Å². The molecule has 1 atom stereocenters. The van der Waals surface area contributed by atoms with Crippen LogP contribution < -0.4 is 0 Å². The molecule has 1 unspecified atom stereocenters. The summed E-state index contributed by atoms with van der Waals surface area (Å²) in [6.07, 6.45) is 1.56. The minimum Gasteiger partial charge on any atom is -0.396 e. The number of aliphatic hydroxyl groups excluding tert-OH is 1. The van der Waals surface area contributed by atoms with Crippen LogP contribution in [0.1, 0.15) is 6.92 Å². The summed E-state index contributed by atoms with van der Waals surface area (Å²) in [5.41, 5.74) is 0.613. The molecular formula is C12H14N4O3. The van der Waals surface area contributed by atoms with Crippen LogP contribution in [0.3, 0.4) is 0 Å². The number of nitro benzene ring substituents is 1. The highest BCUT2D eigenvalue weighted by molar-refractivity contribution is 5.58. The molecule has 0 aliphatic heterocycles. The van der Waals surface area contributed by atoms with Crippen LogP contribution in [0.15, 0.2) is 30.6 Å².